The highest BCUT2D eigenvalue weighted by Gasteiger charge is 2.23. The molecule has 0 bridgehead atoms. The van der Waals surface area contributed by atoms with E-state index in [9.17, 15) is 0 Å². The van der Waals surface area contributed by atoms with Crippen molar-refractivity contribution in [2.45, 2.75) is 38.3 Å². The van der Waals surface area contributed by atoms with E-state index in [-0.39, 0.29) is 0 Å². The van der Waals surface area contributed by atoms with Crippen LogP contribution >= 0.6 is 22.7 Å². The molecule has 0 saturated carbocycles. The molecule has 1 nitrogen and oxygen atoms in total. The van der Waals surface area contributed by atoms with Crippen molar-refractivity contribution in [2.24, 2.45) is 0 Å². The average molecular weight is 277 g/mol. The summed E-state index contributed by atoms with van der Waals surface area (Å²) in [5.74, 6) is 0. The fourth-order valence-electron chi connectivity index (χ4n) is 2.76. The highest BCUT2D eigenvalue weighted by Crippen LogP contribution is 2.34. The summed E-state index contributed by atoms with van der Waals surface area (Å²) in [7, 11) is 0. The van der Waals surface area contributed by atoms with Crippen LogP contribution in [0.25, 0.3) is 0 Å². The van der Waals surface area contributed by atoms with Gasteiger partial charge in [-0.05, 0) is 42.3 Å². The second-order valence-corrected chi connectivity index (χ2v) is 6.94. The highest BCUT2D eigenvalue weighted by atomic mass is 32.1. The predicted molar refractivity (Wildman–Crippen MR) is 80.3 cm³/mol. The lowest BCUT2D eigenvalue weighted by molar-refractivity contribution is 0.197. The van der Waals surface area contributed by atoms with E-state index < -0.39 is 0 Å². The third-order valence-corrected chi connectivity index (χ3v) is 5.51. The Morgan fingerprint density at radius 3 is 2.72 bits per heavy atom. The molecule has 0 radical (unpaired) electrons. The molecule has 1 fully saturated rings. The van der Waals surface area contributed by atoms with Crippen molar-refractivity contribution in [3.8, 4) is 0 Å². The molecule has 2 aromatic rings. The Morgan fingerprint density at radius 2 is 1.94 bits per heavy atom. The van der Waals surface area contributed by atoms with Crippen LogP contribution in [0.15, 0.2) is 35.0 Å². The van der Waals surface area contributed by atoms with Crippen molar-refractivity contribution in [1.82, 2.24) is 4.90 Å². The molecule has 18 heavy (non-hydrogen) atoms. The number of thiophene rings is 2. The number of hydrogen-bond donors (Lipinski definition) is 0. The summed E-state index contributed by atoms with van der Waals surface area (Å²) in [6, 6.07) is 9.57. The smallest absolute Gasteiger partial charge is 0.0445 e. The molecule has 2 aromatic heterocycles. The van der Waals surface area contributed by atoms with Gasteiger partial charge in [-0.3, -0.25) is 4.90 Å². The lowest BCUT2D eigenvalue weighted by Crippen LogP contribution is -2.27. The monoisotopic (exact) mass is 277 g/mol. The Bertz CT molecular complexity index is 447. The average Bonchev–Trinajstić information content (AvgIpc) is 3.02. The standard InChI is InChI=1S/C15H19NS2/c1-2-7-14(15-8-5-11-18-15)16(9-3-1)12-13-6-4-10-17-13/h4-6,8,10-11,14H,1-3,7,9,12H2/t14-/m0/s1. The first-order chi connectivity index (χ1) is 8.93. The van der Waals surface area contributed by atoms with Crippen molar-refractivity contribution in [3.05, 3.63) is 44.8 Å². The molecule has 0 spiro atoms. The topological polar surface area (TPSA) is 3.24 Å². The fourth-order valence-corrected chi connectivity index (χ4v) is 4.39. The molecule has 1 atom stereocenters. The summed E-state index contributed by atoms with van der Waals surface area (Å²) >= 11 is 3.80. The largest absolute Gasteiger partial charge is 0.290 e. The third-order valence-electron chi connectivity index (χ3n) is 3.67. The van der Waals surface area contributed by atoms with Gasteiger partial charge in [-0.2, -0.15) is 0 Å². The molecule has 1 aliphatic heterocycles. The molecule has 1 aliphatic rings. The quantitative estimate of drug-likeness (QED) is 0.769. The van der Waals surface area contributed by atoms with Crippen LogP contribution in [-0.2, 0) is 6.54 Å². The van der Waals surface area contributed by atoms with Crippen molar-refractivity contribution in [3.63, 3.8) is 0 Å². The third kappa shape index (κ3) is 2.85. The normalized spacial score (nSPS) is 21.9. The van der Waals surface area contributed by atoms with Gasteiger partial charge in [0.25, 0.3) is 0 Å². The van der Waals surface area contributed by atoms with Gasteiger partial charge in [0, 0.05) is 22.3 Å². The molecule has 0 aliphatic carbocycles. The molecule has 0 amide bonds. The van der Waals surface area contributed by atoms with Gasteiger partial charge in [0.1, 0.15) is 0 Å². The maximum atomic E-state index is 2.69. The second kappa shape index (κ2) is 6.00. The van der Waals surface area contributed by atoms with E-state index in [0.29, 0.717) is 6.04 Å². The Balaban J connectivity index is 1.78. The van der Waals surface area contributed by atoms with Crippen LogP contribution in [-0.4, -0.2) is 11.4 Å². The van der Waals surface area contributed by atoms with E-state index in [0.717, 1.165) is 6.54 Å². The maximum Gasteiger partial charge on any atom is 0.0445 e. The first-order valence-corrected chi connectivity index (χ1v) is 8.49. The molecule has 3 heteroatoms. The van der Waals surface area contributed by atoms with Crippen LogP contribution in [0.1, 0.15) is 41.5 Å². The first kappa shape index (κ1) is 12.4. The lowest BCUT2D eigenvalue weighted by Gasteiger charge is -2.28. The fraction of sp³-hybridized carbons (Fsp3) is 0.467. The van der Waals surface area contributed by atoms with Crippen molar-refractivity contribution in [1.29, 1.82) is 0 Å². The summed E-state index contributed by atoms with van der Waals surface area (Å²) in [6.07, 6.45) is 5.45. The molecule has 3 heterocycles. The maximum absolute atomic E-state index is 2.69. The van der Waals surface area contributed by atoms with Crippen LogP contribution in [0.2, 0.25) is 0 Å². The molecular formula is C15H19NS2. The van der Waals surface area contributed by atoms with E-state index >= 15 is 0 Å². The molecule has 1 saturated heterocycles. The summed E-state index contributed by atoms with van der Waals surface area (Å²) < 4.78 is 0. The zero-order chi connectivity index (χ0) is 12.2. The van der Waals surface area contributed by atoms with E-state index in [2.05, 4.69) is 39.9 Å². The lowest BCUT2D eigenvalue weighted by atomic mass is 10.1. The van der Waals surface area contributed by atoms with Crippen molar-refractivity contribution >= 4 is 22.7 Å². The van der Waals surface area contributed by atoms with Gasteiger partial charge in [0.2, 0.25) is 0 Å². The molecule has 0 unspecified atom stereocenters. The molecule has 3 rings (SSSR count). The van der Waals surface area contributed by atoms with E-state index in [1.807, 2.05) is 22.7 Å². The summed E-state index contributed by atoms with van der Waals surface area (Å²) in [6.45, 7) is 2.38. The molecule has 96 valence electrons. The summed E-state index contributed by atoms with van der Waals surface area (Å²) in [5.41, 5.74) is 0. The van der Waals surface area contributed by atoms with E-state index in [1.165, 1.54) is 37.1 Å². The van der Waals surface area contributed by atoms with Gasteiger partial charge in [-0.25, -0.2) is 0 Å². The predicted octanol–water partition coefficient (Wildman–Crippen LogP) is 4.93. The second-order valence-electron chi connectivity index (χ2n) is 4.93. The Hall–Kier alpha value is -0.640. The van der Waals surface area contributed by atoms with Crippen LogP contribution in [0.5, 0.6) is 0 Å². The van der Waals surface area contributed by atoms with Gasteiger partial charge in [-0.15, -0.1) is 22.7 Å². The van der Waals surface area contributed by atoms with E-state index in [1.54, 1.807) is 4.88 Å². The summed E-state index contributed by atoms with van der Waals surface area (Å²) in [4.78, 5) is 5.73. The minimum Gasteiger partial charge on any atom is -0.290 e. The highest BCUT2D eigenvalue weighted by molar-refractivity contribution is 7.10. The first-order valence-electron chi connectivity index (χ1n) is 6.73. The number of rotatable bonds is 3. The van der Waals surface area contributed by atoms with Crippen LogP contribution in [0.4, 0.5) is 0 Å². The van der Waals surface area contributed by atoms with Gasteiger partial charge < -0.3 is 0 Å². The van der Waals surface area contributed by atoms with E-state index in [4.69, 9.17) is 0 Å². The SMILES string of the molecule is c1csc(CN2CCCCC[C@H]2c2cccs2)c1. The van der Waals surface area contributed by atoms with Gasteiger partial charge in [0.05, 0.1) is 0 Å². The number of likely N-dealkylation sites (tertiary alicyclic amines) is 1. The Labute approximate surface area is 117 Å². The molecular weight excluding hydrogens is 258 g/mol. The van der Waals surface area contributed by atoms with Crippen LogP contribution in [0, 0.1) is 0 Å². The van der Waals surface area contributed by atoms with Gasteiger partial charge in [-0.1, -0.05) is 25.0 Å². The van der Waals surface area contributed by atoms with Crippen LogP contribution < -0.4 is 0 Å². The zero-order valence-corrected chi connectivity index (χ0v) is 12.2. The number of nitrogens with zero attached hydrogens (tertiary/aromatic N) is 1. The van der Waals surface area contributed by atoms with Crippen LogP contribution in [0.3, 0.4) is 0 Å². The molecule has 0 N–H and O–H groups in total. The zero-order valence-electron chi connectivity index (χ0n) is 10.5. The molecule has 0 aromatic carbocycles. The van der Waals surface area contributed by atoms with Gasteiger partial charge >= 0.3 is 0 Å². The van der Waals surface area contributed by atoms with Crippen molar-refractivity contribution in [2.75, 3.05) is 6.54 Å². The van der Waals surface area contributed by atoms with Crippen molar-refractivity contribution < 1.29 is 0 Å². The van der Waals surface area contributed by atoms with Gasteiger partial charge in [0.15, 0.2) is 0 Å². The Kier molecular flexibility index (Phi) is 4.13. The minimum absolute atomic E-state index is 0.648. The number of hydrogen-bond acceptors (Lipinski definition) is 3. The summed E-state index contributed by atoms with van der Waals surface area (Å²) in [5, 5.41) is 4.40. The minimum atomic E-state index is 0.648. The Morgan fingerprint density at radius 1 is 1.06 bits per heavy atom.